The average molecular weight is 239 g/mol. The zero-order valence-corrected chi connectivity index (χ0v) is 11.0. The zero-order valence-electron chi connectivity index (χ0n) is 11.0. The van der Waals surface area contributed by atoms with Crippen LogP contribution in [-0.2, 0) is 13.6 Å². The fourth-order valence-electron chi connectivity index (χ4n) is 2.01. The molecule has 0 radical (unpaired) electrons. The van der Waals surface area contributed by atoms with Gasteiger partial charge in [-0.15, -0.1) is 0 Å². The van der Waals surface area contributed by atoms with E-state index in [0.717, 1.165) is 23.5 Å². The van der Waals surface area contributed by atoms with Crippen LogP contribution in [0.25, 0.3) is 0 Å². The molecule has 1 N–H and O–H groups in total. The fraction of sp³-hybridized carbons (Fsp3) is 0.267. The summed E-state index contributed by atoms with van der Waals surface area (Å²) in [7, 11) is 1.92. The van der Waals surface area contributed by atoms with E-state index in [2.05, 4.69) is 30.4 Å². The van der Waals surface area contributed by atoms with Gasteiger partial charge in [0.25, 0.3) is 0 Å². The predicted octanol–water partition coefficient (Wildman–Crippen LogP) is 3.13. The third-order valence-corrected chi connectivity index (χ3v) is 3.37. The van der Waals surface area contributed by atoms with Crippen LogP contribution in [-0.4, -0.2) is 4.57 Å². The highest BCUT2D eigenvalue weighted by atomic mass is 15.0. The van der Waals surface area contributed by atoms with E-state index in [-0.39, 0.29) is 0 Å². The topological polar surface area (TPSA) is 40.8 Å². The third kappa shape index (κ3) is 2.23. The number of hydrogen-bond acceptors (Lipinski definition) is 2. The first-order chi connectivity index (χ1) is 8.63. The van der Waals surface area contributed by atoms with Crippen molar-refractivity contribution in [2.45, 2.75) is 20.4 Å². The second-order valence-electron chi connectivity index (χ2n) is 4.48. The highest BCUT2D eigenvalue weighted by molar-refractivity contribution is 5.51. The number of nitriles is 1. The maximum Gasteiger partial charge on any atom is 0.120 e. The molecule has 0 aliphatic heterocycles. The number of rotatable bonds is 3. The Labute approximate surface area is 108 Å². The summed E-state index contributed by atoms with van der Waals surface area (Å²) in [4.78, 5) is 0. The minimum Gasteiger partial charge on any atom is -0.381 e. The number of para-hydroxylation sites is 1. The third-order valence-electron chi connectivity index (χ3n) is 3.37. The van der Waals surface area contributed by atoms with E-state index in [1.165, 1.54) is 5.56 Å². The van der Waals surface area contributed by atoms with Crippen molar-refractivity contribution in [2.75, 3.05) is 5.32 Å². The van der Waals surface area contributed by atoms with Gasteiger partial charge in [0.05, 0.1) is 0 Å². The Morgan fingerprint density at radius 1 is 1.28 bits per heavy atom. The lowest BCUT2D eigenvalue weighted by Gasteiger charge is -2.09. The number of aryl methyl sites for hydroxylation is 1. The molecule has 3 heteroatoms. The van der Waals surface area contributed by atoms with Crippen LogP contribution in [0.1, 0.15) is 22.5 Å². The fourth-order valence-corrected chi connectivity index (χ4v) is 2.01. The first-order valence-corrected chi connectivity index (χ1v) is 5.98. The van der Waals surface area contributed by atoms with Crippen molar-refractivity contribution in [3.05, 3.63) is 52.8 Å². The van der Waals surface area contributed by atoms with Gasteiger partial charge in [0.2, 0.25) is 0 Å². The molecule has 0 saturated carbocycles. The normalized spacial score (nSPS) is 10.1. The van der Waals surface area contributed by atoms with E-state index in [0.29, 0.717) is 5.69 Å². The van der Waals surface area contributed by atoms with Crippen molar-refractivity contribution >= 4 is 5.69 Å². The highest BCUT2D eigenvalue weighted by Gasteiger charge is 2.08. The monoisotopic (exact) mass is 239 g/mol. The summed E-state index contributed by atoms with van der Waals surface area (Å²) in [6.45, 7) is 4.86. The lowest BCUT2D eigenvalue weighted by molar-refractivity contribution is 0.856. The molecule has 3 nitrogen and oxygen atoms in total. The molecule has 0 atom stereocenters. The molecule has 92 valence electrons. The standard InChI is InChI=1S/C15H17N3/c1-11-6-4-5-7-15(11)17-10-13-8-14(9-16)18(3)12(13)2/h4-8,17H,10H2,1-3H3. The Bertz CT molecular complexity index is 603. The van der Waals surface area contributed by atoms with Gasteiger partial charge in [-0.1, -0.05) is 18.2 Å². The van der Waals surface area contributed by atoms with Crippen LogP contribution in [0.3, 0.4) is 0 Å². The summed E-state index contributed by atoms with van der Waals surface area (Å²) < 4.78 is 1.93. The van der Waals surface area contributed by atoms with Crippen molar-refractivity contribution in [3.8, 4) is 6.07 Å². The van der Waals surface area contributed by atoms with Crippen LogP contribution in [0.2, 0.25) is 0 Å². The summed E-state index contributed by atoms with van der Waals surface area (Å²) in [6, 6.07) is 12.4. The van der Waals surface area contributed by atoms with E-state index in [1.54, 1.807) is 0 Å². The molecule has 0 fully saturated rings. The molecule has 0 saturated heterocycles. The van der Waals surface area contributed by atoms with Crippen molar-refractivity contribution in [2.24, 2.45) is 7.05 Å². The molecule has 1 aromatic heterocycles. The van der Waals surface area contributed by atoms with E-state index in [1.807, 2.05) is 36.7 Å². The Kier molecular flexibility index (Phi) is 3.38. The van der Waals surface area contributed by atoms with Gasteiger partial charge in [-0.25, -0.2) is 0 Å². The summed E-state index contributed by atoms with van der Waals surface area (Å²) in [5, 5.41) is 12.4. The Morgan fingerprint density at radius 3 is 2.61 bits per heavy atom. The minimum absolute atomic E-state index is 0.703. The lowest BCUT2D eigenvalue weighted by atomic mass is 10.2. The molecule has 0 spiro atoms. The molecule has 2 rings (SSSR count). The number of hydrogen-bond donors (Lipinski definition) is 1. The average Bonchev–Trinajstić information content (AvgIpc) is 2.65. The van der Waals surface area contributed by atoms with E-state index in [4.69, 9.17) is 5.26 Å². The SMILES string of the molecule is Cc1ccccc1NCc1cc(C#N)n(C)c1C. The van der Waals surface area contributed by atoms with Gasteiger partial charge in [-0.3, -0.25) is 0 Å². The first-order valence-electron chi connectivity index (χ1n) is 5.98. The van der Waals surface area contributed by atoms with Gasteiger partial charge in [-0.05, 0) is 37.1 Å². The lowest BCUT2D eigenvalue weighted by Crippen LogP contribution is -2.02. The second-order valence-corrected chi connectivity index (χ2v) is 4.48. The largest absolute Gasteiger partial charge is 0.381 e. The van der Waals surface area contributed by atoms with Gasteiger partial charge >= 0.3 is 0 Å². The van der Waals surface area contributed by atoms with Gasteiger partial charge in [0.15, 0.2) is 0 Å². The van der Waals surface area contributed by atoms with Gasteiger partial charge < -0.3 is 9.88 Å². The number of anilines is 1. The molecular formula is C15H17N3. The number of nitrogens with zero attached hydrogens (tertiary/aromatic N) is 2. The van der Waals surface area contributed by atoms with Crippen LogP contribution >= 0.6 is 0 Å². The molecular weight excluding hydrogens is 222 g/mol. The summed E-state index contributed by atoms with van der Waals surface area (Å²) >= 11 is 0. The first kappa shape index (κ1) is 12.3. The van der Waals surface area contributed by atoms with Crippen LogP contribution in [0.5, 0.6) is 0 Å². The van der Waals surface area contributed by atoms with E-state index >= 15 is 0 Å². The Morgan fingerprint density at radius 2 is 2.00 bits per heavy atom. The van der Waals surface area contributed by atoms with Gasteiger partial charge in [-0.2, -0.15) is 5.26 Å². The maximum absolute atomic E-state index is 8.99. The molecule has 0 aliphatic carbocycles. The molecule has 2 aromatic rings. The Hall–Kier alpha value is -2.21. The molecule has 0 bridgehead atoms. The molecule has 1 heterocycles. The minimum atomic E-state index is 0.703. The number of aromatic nitrogens is 1. The van der Waals surface area contributed by atoms with Crippen LogP contribution in [0.4, 0.5) is 5.69 Å². The molecule has 0 amide bonds. The quantitative estimate of drug-likeness (QED) is 0.894. The van der Waals surface area contributed by atoms with Crippen molar-refractivity contribution in [3.63, 3.8) is 0 Å². The van der Waals surface area contributed by atoms with E-state index in [9.17, 15) is 0 Å². The molecule has 1 aromatic carbocycles. The van der Waals surface area contributed by atoms with E-state index < -0.39 is 0 Å². The second kappa shape index (κ2) is 4.97. The summed E-state index contributed by atoms with van der Waals surface area (Å²) in [6.07, 6.45) is 0. The van der Waals surface area contributed by atoms with Gasteiger partial charge in [0, 0.05) is 25.0 Å². The van der Waals surface area contributed by atoms with Crippen LogP contribution in [0.15, 0.2) is 30.3 Å². The maximum atomic E-state index is 8.99. The van der Waals surface area contributed by atoms with Crippen molar-refractivity contribution in [1.82, 2.24) is 4.57 Å². The number of nitrogens with one attached hydrogen (secondary N) is 1. The highest BCUT2D eigenvalue weighted by Crippen LogP contribution is 2.18. The smallest absolute Gasteiger partial charge is 0.120 e. The number of benzene rings is 1. The van der Waals surface area contributed by atoms with Crippen molar-refractivity contribution in [1.29, 1.82) is 5.26 Å². The molecule has 0 unspecified atom stereocenters. The van der Waals surface area contributed by atoms with Crippen LogP contribution in [0, 0.1) is 25.2 Å². The van der Waals surface area contributed by atoms with Crippen LogP contribution < -0.4 is 5.32 Å². The summed E-state index contributed by atoms with van der Waals surface area (Å²) in [5.41, 5.74) is 5.37. The molecule has 18 heavy (non-hydrogen) atoms. The summed E-state index contributed by atoms with van der Waals surface area (Å²) in [5.74, 6) is 0. The van der Waals surface area contributed by atoms with Gasteiger partial charge in [0.1, 0.15) is 11.8 Å². The molecule has 0 aliphatic rings. The predicted molar refractivity (Wildman–Crippen MR) is 73.4 cm³/mol. The Balaban J connectivity index is 2.17. The van der Waals surface area contributed by atoms with Crippen molar-refractivity contribution < 1.29 is 0 Å². The zero-order chi connectivity index (χ0) is 13.1.